The van der Waals surface area contributed by atoms with Crippen LogP contribution in [-0.4, -0.2) is 45.0 Å². The van der Waals surface area contributed by atoms with E-state index in [1.165, 1.54) is 0 Å². The van der Waals surface area contributed by atoms with Crippen LogP contribution in [0.3, 0.4) is 0 Å². The van der Waals surface area contributed by atoms with Crippen LogP contribution in [0, 0.1) is 0 Å². The summed E-state index contributed by atoms with van der Waals surface area (Å²) in [7, 11) is -14.9. The summed E-state index contributed by atoms with van der Waals surface area (Å²) in [5.41, 5.74) is 0. The zero-order valence-electron chi connectivity index (χ0n) is 20.3. The van der Waals surface area contributed by atoms with Crippen LogP contribution in [0.15, 0.2) is 0 Å². The molecular weight excluding hydrogens is 432 g/mol. The highest BCUT2D eigenvalue weighted by molar-refractivity contribution is 7.89. The molecule has 0 aliphatic carbocycles. The van der Waals surface area contributed by atoms with Crippen molar-refractivity contribution in [2.24, 2.45) is 0 Å². The van der Waals surface area contributed by atoms with Crippen molar-refractivity contribution in [2.75, 3.05) is 12.5 Å². The molecule has 0 fully saturated rings. The molecule has 170 valence electrons. The fraction of sp³-hybridized carbons (Fsp3) is 1.00. The summed E-state index contributed by atoms with van der Waals surface area (Å²) >= 11 is 0. The van der Waals surface area contributed by atoms with Crippen LogP contribution in [-0.2, 0) is 28.0 Å². The molecule has 0 radical (unpaired) electrons. The molecular formula is C18H42O6S2Si2. The predicted octanol–water partition coefficient (Wildman–Crippen LogP) is 5.11. The maximum Gasteiger partial charge on any atom is 0.254 e. The Kier molecular flexibility index (Phi) is 7.51. The highest BCUT2D eigenvalue weighted by Crippen LogP contribution is 2.68. The van der Waals surface area contributed by atoms with Crippen molar-refractivity contribution < 1.29 is 24.6 Å². The van der Waals surface area contributed by atoms with Gasteiger partial charge in [0.25, 0.3) is 20.2 Å². The minimum absolute atomic E-state index is 0.619. The second kappa shape index (κ2) is 7.44. The van der Waals surface area contributed by atoms with Crippen LogP contribution < -0.4 is 0 Å². The van der Waals surface area contributed by atoms with Gasteiger partial charge in [-0.3, -0.25) is 0 Å². The zero-order valence-corrected chi connectivity index (χ0v) is 23.9. The second-order valence-corrected chi connectivity index (χ2v) is 29.0. The third kappa shape index (κ3) is 5.11. The lowest BCUT2D eigenvalue weighted by molar-refractivity contribution is 0.378. The van der Waals surface area contributed by atoms with E-state index in [2.05, 4.69) is 0 Å². The zero-order chi connectivity index (χ0) is 23.4. The Morgan fingerprint density at radius 1 is 0.464 bits per heavy atom. The molecule has 0 aliphatic rings. The van der Waals surface area contributed by atoms with E-state index in [1.807, 2.05) is 83.1 Å². The van der Waals surface area contributed by atoms with E-state index in [0.29, 0.717) is 0 Å². The maximum absolute atomic E-state index is 12.6. The van der Waals surface area contributed by atoms with Gasteiger partial charge in [-0.05, 0) is 20.2 Å². The number of rotatable bonds is 5. The molecule has 0 amide bonds. The van der Waals surface area contributed by atoms with Gasteiger partial charge in [0.05, 0.1) is 12.5 Å². The molecule has 0 saturated heterocycles. The second-order valence-electron chi connectivity index (χ2n) is 11.9. The lowest BCUT2D eigenvalue weighted by Gasteiger charge is -2.65. The predicted molar refractivity (Wildman–Crippen MR) is 122 cm³/mol. The Morgan fingerprint density at radius 3 is 0.679 bits per heavy atom. The first-order chi connectivity index (χ1) is 11.7. The van der Waals surface area contributed by atoms with Gasteiger partial charge < -0.3 is 7.74 Å². The molecule has 0 spiro atoms. The lowest BCUT2D eigenvalue weighted by Crippen LogP contribution is -2.81. The summed E-state index contributed by atoms with van der Waals surface area (Å²) in [5.74, 6) is 0. The highest BCUT2D eigenvalue weighted by atomic mass is 32.2. The molecule has 6 nitrogen and oxygen atoms in total. The summed E-state index contributed by atoms with van der Waals surface area (Å²) in [6.07, 6.45) is 2.11. The molecule has 10 heteroatoms. The maximum atomic E-state index is 12.6. The average Bonchev–Trinajstić information content (AvgIpc) is 2.24. The Hall–Kier alpha value is 0.254. The van der Waals surface area contributed by atoms with Gasteiger partial charge in [-0.2, -0.15) is 0 Å². The normalized spacial score (nSPS) is 16.4. The molecule has 0 saturated carbocycles. The molecule has 0 bridgehead atoms. The van der Waals surface area contributed by atoms with Crippen LogP contribution in [0.25, 0.3) is 0 Å². The van der Waals surface area contributed by atoms with Gasteiger partial charge >= 0.3 is 0 Å². The van der Waals surface area contributed by atoms with E-state index in [-0.39, 0.29) is 0 Å². The quantitative estimate of drug-likeness (QED) is 0.515. The van der Waals surface area contributed by atoms with E-state index >= 15 is 0 Å². The lowest BCUT2D eigenvalue weighted by atomic mass is 10.2. The van der Waals surface area contributed by atoms with Crippen molar-refractivity contribution in [3.63, 3.8) is 0 Å². The fourth-order valence-corrected chi connectivity index (χ4v) is 40.2. The van der Waals surface area contributed by atoms with E-state index < -0.39 is 56.1 Å². The van der Waals surface area contributed by atoms with Crippen molar-refractivity contribution in [3.05, 3.63) is 0 Å². The Labute approximate surface area is 176 Å². The Morgan fingerprint density at radius 2 is 0.607 bits per heavy atom. The highest BCUT2D eigenvalue weighted by Gasteiger charge is 2.80. The number of hydrogen-bond acceptors (Lipinski definition) is 6. The molecule has 0 N–H and O–H groups in total. The van der Waals surface area contributed by atoms with Gasteiger partial charge in [-0.1, -0.05) is 83.1 Å². The van der Waals surface area contributed by atoms with E-state index in [4.69, 9.17) is 7.74 Å². The monoisotopic (exact) mass is 474 g/mol. The van der Waals surface area contributed by atoms with Crippen LogP contribution in [0.2, 0.25) is 20.2 Å². The summed E-state index contributed by atoms with van der Waals surface area (Å²) in [4.78, 5) is 0. The van der Waals surface area contributed by atoms with Crippen LogP contribution in [0.5, 0.6) is 0 Å². The van der Waals surface area contributed by atoms with E-state index in [9.17, 15) is 16.8 Å². The Bertz CT molecular complexity index is 678. The third-order valence-electron chi connectivity index (χ3n) is 5.27. The molecule has 0 heterocycles. The summed E-state index contributed by atoms with van der Waals surface area (Å²) in [5, 5.41) is -2.48. The van der Waals surface area contributed by atoms with E-state index in [1.54, 1.807) is 0 Å². The van der Waals surface area contributed by atoms with Crippen LogP contribution in [0.1, 0.15) is 83.1 Å². The molecule has 0 aromatic heterocycles. The first-order valence-corrected chi connectivity index (χ1v) is 17.9. The van der Waals surface area contributed by atoms with Crippen molar-refractivity contribution in [2.45, 2.75) is 103 Å². The molecule has 0 atom stereocenters. The summed E-state index contributed by atoms with van der Waals surface area (Å²) < 4.78 is 62.9. The van der Waals surface area contributed by atoms with Gasteiger partial charge in [0, 0.05) is 0 Å². The summed E-state index contributed by atoms with van der Waals surface area (Å²) in [6, 6.07) is 0. The molecule has 0 rings (SSSR count). The first kappa shape index (κ1) is 28.3. The molecule has 0 aliphatic heterocycles. The third-order valence-corrected chi connectivity index (χ3v) is 32.6. The van der Waals surface area contributed by atoms with Gasteiger partial charge in [-0.15, -0.1) is 0 Å². The van der Waals surface area contributed by atoms with Crippen LogP contribution in [0.4, 0.5) is 0 Å². The average molecular weight is 475 g/mol. The smallest absolute Gasteiger partial charge is 0.254 e. The molecule has 0 unspecified atom stereocenters. The van der Waals surface area contributed by atoms with Crippen molar-refractivity contribution >= 4 is 35.9 Å². The van der Waals surface area contributed by atoms with Gasteiger partial charge in [0.15, 0.2) is 0 Å². The number of hydrogen-bond donors (Lipinski definition) is 0. The van der Waals surface area contributed by atoms with Gasteiger partial charge in [0.1, 0.15) is 0 Å². The minimum Gasteiger partial charge on any atom is -0.314 e. The van der Waals surface area contributed by atoms with Crippen molar-refractivity contribution in [1.29, 1.82) is 0 Å². The SMILES string of the molecule is CC(C)(C)[Si](OS(C)(=O)=O)(C(C)(C)C)[Si](OS(C)(=O)=O)(C(C)(C)C)C(C)(C)C. The van der Waals surface area contributed by atoms with Crippen LogP contribution >= 0.6 is 0 Å². The topological polar surface area (TPSA) is 86.7 Å². The molecule has 28 heavy (non-hydrogen) atoms. The standard InChI is InChI=1S/C18H42O6S2Si2/c1-15(2,3)27(16(4,5)6,23-25(13,19)20)28(17(7,8)9,18(10,11)12)24-26(14,21)22/h1-14H3. The fourth-order valence-electron chi connectivity index (χ4n) is 5.43. The minimum atomic E-state index is -3.89. The molecule has 0 aromatic rings. The van der Waals surface area contributed by atoms with Crippen molar-refractivity contribution in [1.82, 2.24) is 0 Å². The first-order valence-electron chi connectivity index (χ1n) is 9.47. The molecule has 0 aromatic carbocycles. The van der Waals surface area contributed by atoms with E-state index in [0.717, 1.165) is 12.5 Å². The summed E-state index contributed by atoms with van der Waals surface area (Å²) in [6.45, 7) is 23.5. The largest absolute Gasteiger partial charge is 0.314 e. The van der Waals surface area contributed by atoms with Gasteiger partial charge in [-0.25, -0.2) is 16.8 Å². The van der Waals surface area contributed by atoms with Gasteiger partial charge in [0.2, 0.25) is 15.7 Å². The van der Waals surface area contributed by atoms with Crippen molar-refractivity contribution in [3.8, 4) is 0 Å². The Balaban J connectivity index is 8.07.